The number of nitrogens with one attached hydrogen (secondary N) is 2. The highest BCUT2D eigenvalue weighted by molar-refractivity contribution is 7.87. The average molecular weight is 302 g/mol. The Balaban J connectivity index is 2.44. The van der Waals surface area contributed by atoms with Crippen LogP contribution in [0.25, 0.3) is 0 Å². The maximum atomic E-state index is 11.6. The third-order valence-corrected chi connectivity index (χ3v) is 3.39. The molecule has 20 heavy (non-hydrogen) atoms. The van der Waals surface area contributed by atoms with Gasteiger partial charge in [-0.15, -0.1) is 0 Å². The van der Waals surface area contributed by atoms with E-state index in [2.05, 4.69) is 14.2 Å². The number of benzene rings is 1. The van der Waals surface area contributed by atoms with Crippen LogP contribution in [-0.4, -0.2) is 34.6 Å². The van der Waals surface area contributed by atoms with E-state index in [1.807, 2.05) is 0 Å². The zero-order valence-corrected chi connectivity index (χ0v) is 12.2. The highest BCUT2D eigenvalue weighted by atomic mass is 32.2. The van der Waals surface area contributed by atoms with Gasteiger partial charge in [-0.1, -0.05) is 12.1 Å². The Morgan fingerprint density at radius 2 is 1.85 bits per heavy atom. The molecular weight excluding hydrogens is 284 g/mol. The van der Waals surface area contributed by atoms with Gasteiger partial charge in [0.2, 0.25) is 0 Å². The summed E-state index contributed by atoms with van der Waals surface area (Å²) in [5.41, 5.74) is 0.771. The van der Waals surface area contributed by atoms with Crippen molar-refractivity contribution in [3.63, 3.8) is 0 Å². The average Bonchev–Trinajstić information content (AvgIpc) is 2.44. The summed E-state index contributed by atoms with van der Waals surface area (Å²) in [6.07, 6.45) is 0. The van der Waals surface area contributed by atoms with Crippen molar-refractivity contribution in [3.8, 4) is 5.75 Å². The second-order valence-electron chi connectivity index (χ2n) is 3.80. The Morgan fingerprint density at radius 1 is 1.20 bits per heavy atom. The summed E-state index contributed by atoms with van der Waals surface area (Å²) in [4.78, 5) is 11.0. The van der Waals surface area contributed by atoms with Crippen LogP contribution >= 0.6 is 0 Å². The molecule has 0 saturated heterocycles. The van der Waals surface area contributed by atoms with Gasteiger partial charge in [-0.2, -0.15) is 17.9 Å². The summed E-state index contributed by atoms with van der Waals surface area (Å²) in [5.74, 6) is 0.0689. The van der Waals surface area contributed by atoms with Gasteiger partial charge in [0.25, 0.3) is 10.2 Å². The Morgan fingerprint density at radius 3 is 2.40 bits per heavy atom. The summed E-state index contributed by atoms with van der Waals surface area (Å²) in [6, 6.07) is 6.95. The normalized spacial score (nSPS) is 11.1. The molecule has 0 heterocycles. The molecule has 0 saturated carbocycles. The molecule has 0 atom stereocenters. The molecule has 0 spiro atoms. The highest BCUT2D eigenvalue weighted by Gasteiger charge is 2.12. The standard InChI is InChI=1S/C12H18N2O5S/c1-3-19-12(15)9-14-20(16,17)13-8-10-4-6-11(18-2)7-5-10/h4-7,13-14H,3,8-9H2,1-2H3. The van der Waals surface area contributed by atoms with Gasteiger partial charge in [0.15, 0.2) is 0 Å². The Hall–Kier alpha value is -1.64. The van der Waals surface area contributed by atoms with Crippen LogP contribution in [-0.2, 0) is 26.3 Å². The molecule has 1 aromatic rings. The van der Waals surface area contributed by atoms with Gasteiger partial charge < -0.3 is 9.47 Å². The van der Waals surface area contributed by atoms with E-state index in [9.17, 15) is 13.2 Å². The number of carbonyl (C=O) groups excluding carboxylic acids is 1. The molecule has 0 fully saturated rings. The topological polar surface area (TPSA) is 93.7 Å². The predicted molar refractivity (Wildman–Crippen MR) is 73.4 cm³/mol. The lowest BCUT2D eigenvalue weighted by Gasteiger charge is -2.08. The van der Waals surface area contributed by atoms with Crippen molar-refractivity contribution in [3.05, 3.63) is 29.8 Å². The molecule has 0 aliphatic carbocycles. The second-order valence-corrected chi connectivity index (χ2v) is 5.38. The smallest absolute Gasteiger partial charge is 0.321 e. The largest absolute Gasteiger partial charge is 0.497 e. The van der Waals surface area contributed by atoms with E-state index in [0.29, 0.717) is 5.75 Å². The van der Waals surface area contributed by atoms with Crippen molar-refractivity contribution in [2.45, 2.75) is 13.5 Å². The van der Waals surface area contributed by atoms with Crippen LogP contribution in [0.3, 0.4) is 0 Å². The quantitative estimate of drug-likeness (QED) is 0.668. The third kappa shape index (κ3) is 6.00. The number of methoxy groups -OCH3 is 1. The van der Waals surface area contributed by atoms with Crippen LogP contribution in [0.4, 0.5) is 0 Å². The molecule has 2 N–H and O–H groups in total. The summed E-state index contributed by atoms with van der Waals surface area (Å²) in [5, 5.41) is 0. The summed E-state index contributed by atoms with van der Waals surface area (Å²) >= 11 is 0. The first-order chi connectivity index (χ1) is 9.46. The minimum Gasteiger partial charge on any atom is -0.497 e. The van der Waals surface area contributed by atoms with Gasteiger partial charge >= 0.3 is 5.97 Å². The second kappa shape index (κ2) is 7.83. The summed E-state index contributed by atoms with van der Waals surface area (Å²) in [7, 11) is -2.19. The Kier molecular flexibility index (Phi) is 6.43. The molecule has 112 valence electrons. The summed E-state index contributed by atoms with van der Waals surface area (Å²) < 4.78 is 37.2. The lowest BCUT2D eigenvalue weighted by molar-refractivity contribution is -0.141. The van der Waals surface area contributed by atoms with Crippen LogP contribution in [0, 0.1) is 0 Å². The van der Waals surface area contributed by atoms with E-state index in [1.165, 1.54) is 0 Å². The minimum absolute atomic E-state index is 0.113. The molecule has 8 heteroatoms. The molecule has 0 bridgehead atoms. The van der Waals surface area contributed by atoms with Crippen molar-refractivity contribution in [2.75, 3.05) is 20.3 Å². The Bertz CT molecular complexity index is 527. The fourth-order valence-corrected chi connectivity index (χ4v) is 2.11. The van der Waals surface area contributed by atoms with E-state index in [1.54, 1.807) is 38.3 Å². The van der Waals surface area contributed by atoms with Gasteiger partial charge in [0, 0.05) is 6.54 Å². The summed E-state index contributed by atoms with van der Waals surface area (Å²) in [6.45, 7) is 1.57. The SMILES string of the molecule is CCOC(=O)CNS(=O)(=O)NCc1ccc(OC)cc1. The molecule has 0 amide bonds. The highest BCUT2D eigenvalue weighted by Crippen LogP contribution is 2.10. The molecule has 0 radical (unpaired) electrons. The lowest BCUT2D eigenvalue weighted by Crippen LogP contribution is -2.39. The first-order valence-corrected chi connectivity index (χ1v) is 7.48. The third-order valence-electron chi connectivity index (χ3n) is 2.34. The fraction of sp³-hybridized carbons (Fsp3) is 0.417. The van der Waals surface area contributed by atoms with Crippen LogP contribution in [0.5, 0.6) is 5.75 Å². The van der Waals surface area contributed by atoms with Gasteiger partial charge in [-0.3, -0.25) is 4.79 Å². The van der Waals surface area contributed by atoms with Crippen molar-refractivity contribution in [1.82, 2.24) is 9.44 Å². The van der Waals surface area contributed by atoms with E-state index in [0.717, 1.165) is 5.56 Å². The number of esters is 1. The molecule has 0 aliphatic rings. The molecule has 7 nitrogen and oxygen atoms in total. The first kappa shape index (κ1) is 16.4. The Labute approximate surface area is 118 Å². The fourth-order valence-electron chi connectivity index (χ4n) is 1.34. The van der Waals surface area contributed by atoms with E-state index >= 15 is 0 Å². The van der Waals surface area contributed by atoms with Crippen LogP contribution in [0.1, 0.15) is 12.5 Å². The zero-order chi connectivity index (χ0) is 15.0. The lowest BCUT2D eigenvalue weighted by atomic mass is 10.2. The maximum Gasteiger partial charge on any atom is 0.321 e. The van der Waals surface area contributed by atoms with Crippen molar-refractivity contribution in [1.29, 1.82) is 0 Å². The molecule has 0 unspecified atom stereocenters. The maximum absolute atomic E-state index is 11.6. The number of hydrogen-bond acceptors (Lipinski definition) is 5. The number of hydrogen-bond donors (Lipinski definition) is 2. The van der Waals surface area contributed by atoms with Crippen molar-refractivity contribution >= 4 is 16.2 Å². The number of carbonyl (C=O) groups is 1. The van der Waals surface area contributed by atoms with Crippen LogP contribution in [0.2, 0.25) is 0 Å². The van der Waals surface area contributed by atoms with Gasteiger partial charge in [0.1, 0.15) is 12.3 Å². The van der Waals surface area contributed by atoms with Gasteiger partial charge in [0.05, 0.1) is 13.7 Å². The van der Waals surface area contributed by atoms with Crippen molar-refractivity contribution < 1.29 is 22.7 Å². The molecule has 0 aromatic heterocycles. The number of rotatable bonds is 8. The van der Waals surface area contributed by atoms with E-state index in [4.69, 9.17) is 4.74 Å². The minimum atomic E-state index is -3.74. The molecule has 1 rings (SSSR count). The van der Waals surface area contributed by atoms with Crippen LogP contribution in [0.15, 0.2) is 24.3 Å². The number of ether oxygens (including phenoxy) is 2. The van der Waals surface area contributed by atoms with Crippen LogP contribution < -0.4 is 14.2 Å². The zero-order valence-electron chi connectivity index (χ0n) is 11.4. The van der Waals surface area contributed by atoms with E-state index < -0.39 is 22.7 Å². The predicted octanol–water partition coefficient (Wildman–Crippen LogP) is 0.182. The molecule has 1 aromatic carbocycles. The van der Waals surface area contributed by atoms with E-state index in [-0.39, 0.29) is 13.2 Å². The molecular formula is C12H18N2O5S. The first-order valence-electron chi connectivity index (χ1n) is 5.99. The van der Waals surface area contributed by atoms with Gasteiger partial charge in [-0.05, 0) is 24.6 Å². The van der Waals surface area contributed by atoms with Gasteiger partial charge in [-0.25, -0.2) is 0 Å². The molecule has 0 aliphatic heterocycles. The van der Waals surface area contributed by atoms with Crippen molar-refractivity contribution in [2.24, 2.45) is 0 Å². The monoisotopic (exact) mass is 302 g/mol.